The van der Waals surface area contributed by atoms with Gasteiger partial charge < -0.3 is 15.0 Å². The summed E-state index contributed by atoms with van der Waals surface area (Å²) in [6.45, 7) is 2.77. The van der Waals surface area contributed by atoms with Crippen LogP contribution < -0.4 is 10.1 Å². The number of nitriles is 1. The number of ether oxygens (including phenoxy) is 1. The molecular formula is C20H21N3O3. The lowest BCUT2D eigenvalue weighted by Crippen LogP contribution is -2.37. The molecule has 0 atom stereocenters. The first kappa shape index (κ1) is 19.0. The van der Waals surface area contributed by atoms with Crippen molar-refractivity contribution in [1.82, 2.24) is 10.2 Å². The zero-order valence-corrected chi connectivity index (χ0v) is 14.9. The van der Waals surface area contributed by atoms with Crippen molar-refractivity contribution in [2.24, 2.45) is 0 Å². The average molecular weight is 351 g/mol. The highest BCUT2D eigenvalue weighted by Gasteiger charge is 2.12. The average Bonchev–Trinajstić information content (AvgIpc) is 2.67. The molecule has 0 bridgehead atoms. The summed E-state index contributed by atoms with van der Waals surface area (Å²) in [5.74, 6) is 0.184. The molecule has 2 amide bonds. The molecule has 6 nitrogen and oxygen atoms in total. The van der Waals surface area contributed by atoms with Crippen LogP contribution in [0.25, 0.3) is 0 Å². The van der Waals surface area contributed by atoms with Gasteiger partial charge in [0, 0.05) is 19.2 Å². The molecule has 0 spiro atoms. The lowest BCUT2D eigenvalue weighted by molar-refractivity contribution is -0.129. The summed E-state index contributed by atoms with van der Waals surface area (Å²) in [6.07, 6.45) is 0. The van der Waals surface area contributed by atoms with Gasteiger partial charge in [0.05, 0.1) is 24.8 Å². The Morgan fingerprint density at radius 1 is 1.12 bits per heavy atom. The molecule has 134 valence electrons. The molecule has 26 heavy (non-hydrogen) atoms. The Kier molecular flexibility index (Phi) is 6.75. The molecule has 0 heterocycles. The predicted molar refractivity (Wildman–Crippen MR) is 97.6 cm³/mol. The molecule has 0 aliphatic heterocycles. The van der Waals surface area contributed by atoms with Crippen LogP contribution in [0.5, 0.6) is 5.75 Å². The van der Waals surface area contributed by atoms with Gasteiger partial charge in [0.15, 0.2) is 0 Å². The highest BCUT2D eigenvalue weighted by Crippen LogP contribution is 2.12. The number of carbonyl (C=O) groups is 2. The van der Waals surface area contributed by atoms with E-state index in [0.29, 0.717) is 30.0 Å². The van der Waals surface area contributed by atoms with Crippen molar-refractivity contribution >= 4 is 11.8 Å². The van der Waals surface area contributed by atoms with Crippen LogP contribution in [0.4, 0.5) is 0 Å². The second-order valence-electron chi connectivity index (χ2n) is 5.70. The number of carbonyl (C=O) groups excluding carboxylic acids is 2. The fourth-order valence-electron chi connectivity index (χ4n) is 2.31. The minimum atomic E-state index is -0.312. The fraction of sp³-hybridized carbons (Fsp3) is 0.250. The van der Waals surface area contributed by atoms with Crippen LogP contribution in [0, 0.1) is 11.3 Å². The Bertz CT molecular complexity index is 793. The van der Waals surface area contributed by atoms with Gasteiger partial charge in [-0.1, -0.05) is 12.1 Å². The van der Waals surface area contributed by atoms with E-state index in [1.807, 2.05) is 6.92 Å². The number of likely N-dealkylation sites (N-methyl/N-ethyl adjacent to an activating group) is 1. The zero-order chi connectivity index (χ0) is 18.9. The zero-order valence-electron chi connectivity index (χ0n) is 14.9. The van der Waals surface area contributed by atoms with Crippen molar-refractivity contribution in [2.45, 2.75) is 13.5 Å². The van der Waals surface area contributed by atoms with Crippen LogP contribution >= 0.6 is 0 Å². The maximum Gasteiger partial charge on any atom is 0.251 e. The lowest BCUT2D eigenvalue weighted by Gasteiger charge is -2.17. The molecule has 0 unspecified atom stereocenters. The van der Waals surface area contributed by atoms with Crippen molar-refractivity contribution in [3.63, 3.8) is 0 Å². The summed E-state index contributed by atoms with van der Waals surface area (Å²) in [5, 5.41) is 11.4. The summed E-state index contributed by atoms with van der Waals surface area (Å²) < 4.78 is 5.33. The van der Waals surface area contributed by atoms with Gasteiger partial charge in [-0.3, -0.25) is 9.59 Å². The van der Waals surface area contributed by atoms with E-state index in [1.54, 1.807) is 55.6 Å². The quantitative estimate of drug-likeness (QED) is 0.830. The van der Waals surface area contributed by atoms with Crippen LogP contribution in [0.1, 0.15) is 28.4 Å². The minimum Gasteiger partial charge on any atom is -0.494 e. The Balaban J connectivity index is 1.84. The van der Waals surface area contributed by atoms with E-state index in [1.165, 1.54) is 4.90 Å². The first-order valence-corrected chi connectivity index (χ1v) is 8.27. The highest BCUT2D eigenvalue weighted by atomic mass is 16.5. The van der Waals surface area contributed by atoms with E-state index in [4.69, 9.17) is 10.00 Å². The molecule has 1 N–H and O–H groups in total. The van der Waals surface area contributed by atoms with Crippen LogP contribution in [0.2, 0.25) is 0 Å². The number of nitrogens with zero attached hydrogens (tertiary/aromatic N) is 2. The minimum absolute atomic E-state index is 0.0845. The van der Waals surface area contributed by atoms with Crippen molar-refractivity contribution in [1.29, 1.82) is 5.26 Å². The van der Waals surface area contributed by atoms with Gasteiger partial charge >= 0.3 is 0 Å². The van der Waals surface area contributed by atoms with Crippen LogP contribution in [0.3, 0.4) is 0 Å². The molecular weight excluding hydrogens is 330 g/mol. The largest absolute Gasteiger partial charge is 0.494 e. The Morgan fingerprint density at radius 3 is 2.35 bits per heavy atom. The van der Waals surface area contributed by atoms with Gasteiger partial charge in [-0.05, 0) is 48.9 Å². The Hall–Kier alpha value is -3.33. The van der Waals surface area contributed by atoms with Crippen molar-refractivity contribution in [3.05, 3.63) is 65.2 Å². The second-order valence-corrected chi connectivity index (χ2v) is 5.70. The molecule has 0 aliphatic rings. The Labute approximate surface area is 153 Å². The molecule has 2 aromatic rings. The van der Waals surface area contributed by atoms with E-state index >= 15 is 0 Å². The molecule has 0 saturated carbocycles. The van der Waals surface area contributed by atoms with Crippen LogP contribution in [-0.2, 0) is 11.3 Å². The third-order valence-electron chi connectivity index (χ3n) is 3.76. The molecule has 2 aromatic carbocycles. The topological polar surface area (TPSA) is 82.4 Å². The molecule has 0 fully saturated rings. The first-order valence-electron chi connectivity index (χ1n) is 8.27. The maximum absolute atomic E-state index is 12.2. The van der Waals surface area contributed by atoms with Crippen molar-refractivity contribution in [2.75, 3.05) is 20.2 Å². The van der Waals surface area contributed by atoms with E-state index < -0.39 is 0 Å². The third-order valence-corrected chi connectivity index (χ3v) is 3.76. The molecule has 2 rings (SSSR count). The summed E-state index contributed by atoms with van der Waals surface area (Å²) in [7, 11) is 1.67. The normalized spacial score (nSPS) is 9.88. The van der Waals surface area contributed by atoms with E-state index in [0.717, 1.165) is 5.56 Å². The van der Waals surface area contributed by atoms with Gasteiger partial charge in [0.1, 0.15) is 5.75 Å². The molecule has 0 aliphatic carbocycles. The SMILES string of the molecule is CCOc1ccc(C(=O)NCC(=O)N(C)Cc2ccc(C#N)cc2)cc1. The third kappa shape index (κ3) is 5.35. The van der Waals surface area contributed by atoms with Gasteiger partial charge in [-0.2, -0.15) is 5.26 Å². The first-order chi connectivity index (χ1) is 12.5. The highest BCUT2D eigenvalue weighted by molar-refractivity contribution is 5.96. The molecule has 0 saturated heterocycles. The molecule has 0 radical (unpaired) electrons. The Morgan fingerprint density at radius 2 is 1.77 bits per heavy atom. The number of amides is 2. The molecule has 0 aromatic heterocycles. The van der Waals surface area contributed by atoms with E-state index in [-0.39, 0.29) is 18.4 Å². The predicted octanol–water partition coefficient (Wildman–Crippen LogP) is 2.35. The summed E-state index contributed by atoms with van der Waals surface area (Å²) in [6, 6.07) is 15.8. The van der Waals surface area contributed by atoms with Gasteiger partial charge in [-0.25, -0.2) is 0 Å². The number of nitrogens with one attached hydrogen (secondary N) is 1. The number of hydrogen-bond donors (Lipinski definition) is 1. The lowest BCUT2D eigenvalue weighted by atomic mass is 10.1. The van der Waals surface area contributed by atoms with Crippen LogP contribution in [-0.4, -0.2) is 36.9 Å². The van der Waals surface area contributed by atoms with Gasteiger partial charge in [0.25, 0.3) is 5.91 Å². The number of benzene rings is 2. The van der Waals surface area contributed by atoms with Gasteiger partial charge in [-0.15, -0.1) is 0 Å². The number of rotatable bonds is 7. The second kappa shape index (κ2) is 9.23. The smallest absolute Gasteiger partial charge is 0.251 e. The number of hydrogen-bond acceptors (Lipinski definition) is 4. The summed E-state index contributed by atoms with van der Waals surface area (Å²) in [5.41, 5.74) is 1.96. The monoisotopic (exact) mass is 351 g/mol. The van der Waals surface area contributed by atoms with E-state index in [2.05, 4.69) is 11.4 Å². The summed E-state index contributed by atoms with van der Waals surface area (Å²) in [4.78, 5) is 25.8. The fourth-order valence-corrected chi connectivity index (χ4v) is 2.31. The maximum atomic E-state index is 12.2. The van der Waals surface area contributed by atoms with Crippen molar-refractivity contribution in [3.8, 4) is 11.8 Å². The summed E-state index contributed by atoms with van der Waals surface area (Å²) >= 11 is 0. The van der Waals surface area contributed by atoms with Gasteiger partial charge in [0.2, 0.25) is 5.91 Å². The van der Waals surface area contributed by atoms with Crippen molar-refractivity contribution < 1.29 is 14.3 Å². The van der Waals surface area contributed by atoms with E-state index in [9.17, 15) is 9.59 Å². The molecule has 6 heteroatoms. The van der Waals surface area contributed by atoms with Crippen LogP contribution in [0.15, 0.2) is 48.5 Å². The standard InChI is InChI=1S/C20H21N3O3/c1-3-26-18-10-8-17(9-11-18)20(25)22-13-19(24)23(2)14-16-6-4-15(12-21)5-7-16/h4-11H,3,13-14H2,1-2H3,(H,22,25).